The Morgan fingerprint density at radius 2 is 1.94 bits per heavy atom. The van der Waals surface area contributed by atoms with E-state index in [1.807, 2.05) is 24.8 Å². The normalized spacial score (nSPS) is 16.7. The van der Waals surface area contributed by atoms with E-state index < -0.39 is 6.04 Å². The molecule has 0 aliphatic carbocycles. The van der Waals surface area contributed by atoms with Crippen LogP contribution in [0.25, 0.3) is 10.4 Å². The molecule has 2 aromatic heterocycles. The van der Waals surface area contributed by atoms with Gasteiger partial charge in [0.1, 0.15) is 24.2 Å². The van der Waals surface area contributed by atoms with Gasteiger partial charge in [0.15, 0.2) is 0 Å². The second-order valence-electron chi connectivity index (χ2n) is 7.76. The van der Waals surface area contributed by atoms with E-state index in [0.717, 1.165) is 11.1 Å². The predicted octanol–water partition coefficient (Wildman–Crippen LogP) is 2.93. The minimum Gasteiger partial charge on any atom is -0.339 e. The van der Waals surface area contributed by atoms with E-state index in [-0.39, 0.29) is 18.4 Å². The lowest BCUT2D eigenvalue weighted by molar-refractivity contribution is -0.151. The quantitative estimate of drug-likeness (QED) is 0.595. The van der Waals surface area contributed by atoms with Crippen LogP contribution in [0.5, 0.6) is 0 Å². The monoisotopic (exact) mass is 437 g/mol. The number of amides is 2. The number of piperazine rings is 1. The minimum atomic E-state index is -0.501. The molecule has 1 aliphatic rings. The van der Waals surface area contributed by atoms with Crippen LogP contribution in [-0.2, 0) is 22.6 Å². The zero-order chi connectivity index (χ0) is 22.0. The van der Waals surface area contributed by atoms with Crippen LogP contribution in [0.2, 0.25) is 0 Å². The molecule has 2 amide bonds. The Balaban J connectivity index is 1.54. The van der Waals surface area contributed by atoms with Crippen LogP contribution >= 0.6 is 11.3 Å². The number of carbonyl (C=O) groups excluding carboxylic acids is 2. The van der Waals surface area contributed by atoms with Gasteiger partial charge in [-0.25, -0.2) is 9.67 Å². The second kappa shape index (κ2) is 9.01. The van der Waals surface area contributed by atoms with Gasteiger partial charge in [-0.15, -0.1) is 11.3 Å². The van der Waals surface area contributed by atoms with Gasteiger partial charge < -0.3 is 9.80 Å². The average Bonchev–Trinajstić information content (AvgIpc) is 3.40. The summed E-state index contributed by atoms with van der Waals surface area (Å²) in [5.41, 5.74) is 2.20. The first-order valence-corrected chi connectivity index (χ1v) is 11.4. The van der Waals surface area contributed by atoms with E-state index in [1.165, 1.54) is 4.88 Å². The molecule has 1 aromatic carbocycles. The number of carbonyl (C=O) groups is 2. The summed E-state index contributed by atoms with van der Waals surface area (Å²) in [5, 5.41) is 6.36. The van der Waals surface area contributed by atoms with Crippen LogP contribution < -0.4 is 0 Å². The molecule has 0 saturated carbocycles. The maximum atomic E-state index is 13.2. The molecular weight excluding hydrogens is 410 g/mol. The summed E-state index contributed by atoms with van der Waals surface area (Å²) in [6.45, 7) is 7.45. The number of hydrogen-bond acceptors (Lipinski definition) is 5. The Morgan fingerprint density at radius 1 is 1.16 bits per heavy atom. The fourth-order valence-electron chi connectivity index (χ4n) is 4.05. The lowest BCUT2D eigenvalue weighted by Crippen LogP contribution is -2.59. The molecule has 0 radical (unpaired) electrons. The zero-order valence-electron chi connectivity index (χ0n) is 18.1. The van der Waals surface area contributed by atoms with Gasteiger partial charge in [-0.3, -0.25) is 9.59 Å². The van der Waals surface area contributed by atoms with Crippen molar-refractivity contribution in [3.8, 4) is 10.4 Å². The van der Waals surface area contributed by atoms with Crippen LogP contribution in [0, 0.1) is 13.8 Å². The summed E-state index contributed by atoms with van der Waals surface area (Å²) in [6, 6.07) is 11.9. The molecule has 3 heterocycles. The van der Waals surface area contributed by atoms with Crippen LogP contribution in [0.15, 0.2) is 41.8 Å². The molecular formula is C23H27N5O2S. The number of benzene rings is 1. The molecule has 0 spiro atoms. The van der Waals surface area contributed by atoms with Crippen LogP contribution in [-0.4, -0.2) is 62.1 Å². The van der Waals surface area contributed by atoms with E-state index in [0.29, 0.717) is 37.7 Å². The minimum absolute atomic E-state index is 0.0101. The third kappa shape index (κ3) is 4.54. The van der Waals surface area contributed by atoms with Gasteiger partial charge in [0.25, 0.3) is 0 Å². The lowest BCUT2D eigenvalue weighted by Gasteiger charge is -2.40. The molecule has 0 N–H and O–H groups in total. The highest BCUT2D eigenvalue weighted by Gasteiger charge is 2.37. The van der Waals surface area contributed by atoms with Crippen molar-refractivity contribution in [2.75, 3.05) is 19.6 Å². The maximum absolute atomic E-state index is 13.2. The van der Waals surface area contributed by atoms with Gasteiger partial charge >= 0.3 is 0 Å². The topological polar surface area (TPSA) is 71.3 Å². The molecule has 31 heavy (non-hydrogen) atoms. The van der Waals surface area contributed by atoms with Gasteiger partial charge in [-0.2, -0.15) is 5.10 Å². The molecule has 0 bridgehead atoms. The Hall–Kier alpha value is -3.00. The largest absolute Gasteiger partial charge is 0.339 e. The SMILES string of the molecule is CCN1CCN(C(=O)Cn2nc(C)nc2C)C(Cc2ccc(-c3cccs3)cc2)C1=O. The molecule has 1 fully saturated rings. The first-order valence-electron chi connectivity index (χ1n) is 10.6. The summed E-state index contributed by atoms with van der Waals surface area (Å²) in [6.07, 6.45) is 0.501. The highest BCUT2D eigenvalue weighted by atomic mass is 32.1. The lowest BCUT2D eigenvalue weighted by atomic mass is 9.99. The van der Waals surface area contributed by atoms with Crippen molar-refractivity contribution in [3.05, 3.63) is 59.0 Å². The van der Waals surface area contributed by atoms with Crippen molar-refractivity contribution in [2.45, 2.75) is 39.8 Å². The number of hydrogen-bond donors (Lipinski definition) is 0. The summed E-state index contributed by atoms with van der Waals surface area (Å²) in [7, 11) is 0. The van der Waals surface area contributed by atoms with Crippen molar-refractivity contribution in [1.82, 2.24) is 24.6 Å². The average molecular weight is 438 g/mol. The van der Waals surface area contributed by atoms with E-state index >= 15 is 0 Å². The molecule has 4 rings (SSSR count). The first-order chi connectivity index (χ1) is 15.0. The van der Waals surface area contributed by atoms with Gasteiger partial charge in [0, 0.05) is 30.9 Å². The summed E-state index contributed by atoms with van der Waals surface area (Å²) < 4.78 is 1.61. The molecule has 7 nitrogen and oxygen atoms in total. The van der Waals surface area contributed by atoms with Gasteiger partial charge in [-0.1, -0.05) is 30.3 Å². The zero-order valence-corrected chi connectivity index (χ0v) is 18.9. The first kappa shape index (κ1) is 21.2. The van der Waals surface area contributed by atoms with Crippen molar-refractivity contribution in [3.63, 3.8) is 0 Å². The fourth-order valence-corrected chi connectivity index (χ4v) is 4.78. The van der Waals surface area contributed by atoms with Crippen LogP contribution in [0.4, 0.5) is 0 Å². The Bertz CT molecular complexity index is 1060. The number of aromatic nitrogens is 3. The number of rotatable bonds is 6. The van der Waals surface area contributed by atoms with E-state index in [4.69, 9.17) is 0 Å². The second-order valence-corrected chi connectivity index (χ2v) is 8.71. The number of likely N-dealkylation sites (N-methyl/N-ethyl adjacent to an activating group) is 1. The summed E-state index contributed by atoms with van der Waals surface area (Å²) in [4.78, 5) is 35.3. The van der Waals surface area contributed by atoms with E-state index in [9.17, 15) is 9.59 Å². The fraction of sp³-hybridized carbons (Fsp3) is 0.391. The van der Waals surface area contributed by atoms with Gasteiger partial charge in [-0.05, 0) is 43.3 Å². The maximum Gasteiger partial charge on any atom is 0.245 e. The number of thiophene rings is 1. The van der Waals surface area contributed by atoms with Crippen molar-refractivity contribution in [1.29, 1.82) is 0 Å². The third-order valence-electron chi connectivity index (χ3n) is 5.72. The van der Waals surface area contributed by atoms with E-state index in [1.54, 1.807) is 27.8 Å². The molecule has 8 heteroatoms. The molecule has 3 aromatic rings. The van der Waals surface area contributed by atoms with Crippen molar-refractivity contribution in [2.24, 2.45) is 0 Å². The predicted molar refractivity (Wildman–Crippen MR) is 121 cm³/mol. The Morgan fingerprint density at radius 3 is 2.55 bits per heavy atom. The van der Waals surface area contributed by atoms with Crippen LogP contribution in [0.1, 0.15) is 24.1 Å². The van der Waals surface area contributed by atoms with Crippen molar-refractivity contribution < 1.29 is 9.59 Å². The molecule has 1 saturated heterocycles. The number of nitrogens with zero attached hydrogens (tertiary/aromatic N) is 5. The summed E-state index contributed by atoms with van der Waals surface area (Å²) in [5.74, 6) is 1.25. The highest BCUT2D eigenvalue weighted by molar-refractivity contribution is 7.13. The highest BCUT2D eigenvalue weighted by Crippen LogP contribution is 2.26. The third-order valence-corrected chi connectivity index (χ3v) is 6.64. The summed E-state index contributed by atoms with van der Waals surface area (Å²) >= 11 is 1.70. The smallest absolute Gasteiger partial charge is 0.245 e. The van der Waals surface area contributed by atoms with Gasteiger partial charge in [0.05, 0.1) is 0 Å². The molecule has 162 valence electrons. The van der Waals surface area contributed by atoms with Crippen molar-refractivity contribution >= 4 is 23.2 Å². The van der Waals surface area contributed by atoms with Gasteiger partial charge in [0.2, 0.25) is 11.8 Å². The van der Waals surface area contributed by atoms with E-state index in [2.05, 4.69) is 45.8 Å². The Labute approximate surface area is 186 Å². The number of aryl methyl sites for hydroxylation is 2. The standard InChI is InChI=1S/C23H27N5O2S/c1-4-26-11-12-27(22(29)15-28-17(3)24-16(2)25-28)20(23(26)30)14-18-7-9-19(10-8-18)21-6-5-13-31-21/h5-10,13,20H,4,11-12,14-15H2,1-3H3. The molecule has 1 atom stereocenters. The van der Waals surface area contributed by atoms with Crippen LogP contribution in [0.3, 0.4) is 0 Å². The Kier molecular flexibility index (Phi) is 6.18. The molecule has 1 aliphatic heterocycles. The molecule has 1 unspecified atom stereocenters.